The normalized spacial score (nSPS) is 13.8. The van der Waals surface area contributed by atoms with Crippen molar-refractivity contribution in [1.29, 1.82) is 0 Å². The summed E-state index contributed by atoms with van der Waals surface area (Å²) in [7, 11) is 1.79. The van der Waals surface area contributed by atoms with Crippen LogP contribution in [0.15, 0.2) is 30.6 Å². The Morgan fingerprint density at radius 3 is 2.95 bits per heavy atom. The molecule has 0 saturated heterocycles. The molecule has 0 saturated carbocycles. The second-order valence-electron chi connectivity index (χ2n) is 4.61. The van der Waals surface area contributed by atoms with E-state index in [-0.39, 0.29) is 11.7 Å². The molecule has 5 nitrogen and oxygen atoms in total. The zero-order chi connectivity index (χ0) is 13.4. The predicted octanol–water partition coefficient (Wildman–Crippen LogP) is 1.54. The number of benzene rings is 1. The van der Waals surface area contributed by atoms with Gasteiger partial charge < -0.3 is 9.88 Å². The van der Waals surface area contributed by atoms with E-state index in [0.29, 0.717) is 24.2 Å². The summed E-state index contributed by atoms with van der Waals surface area (Å²) in [5, 5.41) is 2.80. The number of nitrogens with one attached hydrogen (secondary N) is 1. The molecule has 0 bridgehead atoms. The lowest BCUT2D eigenvalue weighted by atomic mass is 9.98. The van der Waals surface area contributed by atoms with E-state index in [4.69, 9.17) is 0 Å². The first-order valence-electron chi connectivity index (χ1n) is 6.10. The Kier molecular flexibility index (Phi) is 2.67. The Morgan fingerprint density at radius 2 is 2.21 bits per heavy atom. The molecule has 0 spiro atoms. The number of aromatic nitrogens is 2. The summed E-state index contributed by atoms with van der Waals surface area (Å²) in [6.45, 7) is 0. The van der Waals surface area contributed by atoms with Crippen LogP contribution in [0.4, 0.5) is 5.69 Å². The van der Waals surface area contributed by atoms with E-state index in [0.717, 1.165) is 11.3 Å². The van der Waals surface area contributed by atoms with Crippen LogP contribution in [-0.4, -0.2) is 21.2 Å². The van der Waals surface area contributed by atoms with Gasteiger partial charge in [-0.3, -0.25) is 9.59 Å². The van der Waals surface area contributed by atoms with Crippen molar-refractivity contribution in [3.8, 4) is 0 Å². The van der Waals surface area contributed by atoms with Crippen LogP contribution in [0.25, 0.3) is 0 Å². The Bertz CT molecular complexity index is 673. The molecule has 1 aliphatic rings. The minimum atomic E-state index is -0.104. The van der Waals surface area contributed by atoms with Gasteiger partial charge in [0.1, 0.15) is 0 Å². The second kappa shape index (κ2) is 4.35. The fraction of sp³-hybridized carbons (Fsp3) is 0.214. The first-order valence-corrected chi connectivity index (χ1v) is 6.10. The topological polar surface area (TPSA) is 64.0 Å². The molecule has 2 heterocycles. The number of carbonyl (C=O) groups is 2. The Labute approximate surface area is 110 Å². The van der Waals surface area contributed by atoms with Crippen molar-refractivity contribution in [2.75, 3.05) is 5.32 Å². The Balaban J connectivity index is 1.97. The first-order chi connectivity index (χ1) is 9.15. The lowest BCUT2D eigenvalue weighted by Crippen LogP contribution is -2.19. The number of rotatable bonds is 2. The fourth-order valence-corrected chi connectivity index (χ4v) is 2.24. The van der Waals surface area contributed by atoms with Crippen LogP contribution in [0, 0.1) is 0 Å². The molecule has 0 atom stereocenters. The molecule has 1 aliphatic heterocycles. The van der Waals surface area contributed by atoms with Crippen LogP contribution in [0.2, 0.25) is 0 Å². The largest absolute Gasteiger partial charge is 0.331 e. The van der Waals surface area contributed by atoms with Crippen LogP contribution >= 0.6 is 0 Å². The molecule has 1 aromatic carbocycles. The molecule has 3 rings (SSSR count). The van der Waals surface area contributed by atoms with Crippen molar-refractivity contribution in [2.45, 2.75) is 12.8 Å². The van der Waals surface area contributed by atoms with E-state index in [9.17, 15) is 9.59 Å². The maximum Gasteiger partial charge on any atom is 0.228 e. The molecular formula is C14H13N3O2. The number of imidazole rings is 1. The third kappa shape index (κ3) is 2.03. The van der Waals surface area contributed by atoms with Crippen LogP contribution in [0.3, 0.4) is 0 Å². The van der Waals surface area contributed by atoms with Crippen LogP contribution in [0.1, 0.15) is 28.2 Å². The van der Waals surface area contributed by atoms with E-state index in [1.807, 2.05) is 6.07 Å². The highest BCUT2D eigenvalue weighted by molar-refractivity contribution is 6.07. The zero-order valence-electron chi connectivity index (χ0n) is 10.5. The van der Waals surface area contributed by atoms with E-state index in [2.05, 4.69) is 10.3 Å². The molecule has 0 radical (unpaired) electrons. The third-order valence-corrected chi connectivity index (χ3v) is 3.29. The maximum absolute atomic E-state index is 12.3. The molecule has 19 heavy (non-hydrogen) atoms. The minimum absolute atomic E-state index is 0.0238. The smallest absolute Gasteiger partial charge is 0.228 e. The van der Waals surface area contributed by atoms with Gasteiger partial charge in [-0.2, -0.15) is 0 Å². The standard InChI is InChI=1S/C14H13N3O2/c1-17-7-6-15-14(17)13(19)10-2-4-11-9(8-10)3-5-12(18)16-11/h2,4,6-8H,3,5H2,1H3,(H,16,18). The highest BCUT2D eigenvalue weighted by Gasteiger charge is 2.18. The fourth-order valence-electron chi connectivity index (χ4n) is 2.24. The molecule has 0 aliphatic carbocycles. The Hall–Kier alpha value is -2.43. The quantitative estimate of drug-likeness (QED) is 0.828. The van der Waals surface area contributed by atoms with Gasteiger partial charge in [-0.15, -0.1) is 0 Å². The summed E-state index contributed by atoms with van der Waals surface area (Å²) in [6, 6.07) is 5.34. The minimum Gasteiger partial charge on any atom is -0.331 e. The summed E-state index contributed by atoms with van der Waals surface area (Å²) >= 11 is 0. The molecule has 1 amide bonds. The molecule has 0 unspecified atom stereocenters. The molecule has 5 heteroatoms. The van der Waals surface area contributed by atoms with Crippen molar-refractivity contribution < 1.29 is 9.59 Å². The van der Waals surface area contributed by atoms with Gasteiger partial charge in [0.05, 0.1) is 0 Å². The van der Waals surface area contributed by atoms with Crippen LogP contribution < -0.4 is 5.32 Å². The van der Waals surface area contributed by atoms with Gasteiger partial charge in [0, 0.05) is 37.1 Å². The number of hydrogen-bond donors (Lipinski definition) is 1. The molecule has 2 aromatic rings. The van der Waals surface area contributed by atoms with Crippen LogP contribution in [-0.2, 0) is 18.3 Å². The van der Waals surface area contributed by atoms with Gasteiger partial charge >= 0.3 is 0 Å². The summed E-state index contributed by atoms with van der Waals surface area (Å²) < 4.78 is 1.70. The number of amides is 1. The summed E-state index contributed by atoms with van der Waals surface area (Å²) in [5.74, 6) is 0.336. The van der Waals surface area contributed by atoms with Crippen molar-refractivity contribution in [1.82, 2.24) is 9.55 Å². The van der Waals surface area contributed by atoms with Gasteiger partial charge in [0.2, 0.25) is 11.7 Å². The monoisotopic (exact) mass is 255 g/mol. The number of carbonyl (C=O) groups excluding carboxylic acids is 2. The average Bonchev–Trinajstić information content (AvgIpc) is 2.83. The van der Waals surface area contributed by atoms with Crippen molar-refractivity contribution in [3.63, 3.8) is 0 Å². The zero-order valence-corrected chi connectivity index (χ0v) is 10.5. The van der Waals surface area contributed by atoms with Crippen LogP contribution in [0.5, 0.6) is 0 Å². The third-order valence-electron chi connectivity index (χ3n) is 3.29. The number of hydrogen-bond acceptors (Lipinski definition) is 3. The number of nitrogens with zero attached hydrogens (tertiary/aromatic N) is 2. The molecule has 96 valence electrons. The lowest BCUT2D eigenvalue weighted by Gasteiger charge is -2.17. The van der Waals surface area contributed by atoms with Gasteiger partial charge in [-0.1, -0.05) is 0 Å². The maximum atomic E-state index is 12.3. The SMILES string of the molecule is Cn1ccnc1C(=O)c1ccc2c(c1)CCC(=O)N2. The van der Waals surface area contributed by atoms with Gasteiger partial charge in [0.25, 0.3) is 0 Å². The van der Waals surface area contributed by atoms with Crippen molar-refractivity contribution >= 4 is 17.4 Å². The van der Waals surface area contributed by atoms with Gasteiger partial charge in [-0.25, -0.2) is 4.98 Å². The number of aryl methyl sites for hydroxylation is 2. The van der Waals surface area contributed by atoms with E-state index in [1.54, 1.807) is 36.1 Å². The summed E-state index contributed by atoms with van der Waals surface area (Å²) in [6.07, 6.45) is 4.48. The lowest BCUT2D eigenvalue weighted by molar-refractivity contribution is -0.116. The van der Waals surface area contributed by atoms with Gasteiger partial charge in [-0.05, 0) is 30.2 Å². The predicted molar refractivity (Wildman–Crippen MR) is 70.0 cm³/mol. The number of anilines is 1. The highest BCUT2D eigenvalue weighted by Crippen LogP contribution is 2.24. The van der Waals surface area contributed by atoms with E-state index in [1.165, 1.54) is 0 Å². The molecule has 1 aromatic heterocycles. The van der Waals surface area contributed by atoms with Crippen molar-refractivity contribution in [2.24, 2.45) is 7.05 Å². The Morgan fingerprint density at radius 1 is 1.37 bits per heavy atom. The number of ketones is 1. The molecule has 1 N–H and O–H groups in total. The highest BCUT2D eigenvalue weighted by atomic mass is 16.1. The van der Waals surface area contributed by atoms with Gasteiger partial charge in [0.15, 0.2) is 5.82 Å². The molecule has 0 fully saturated rings. The first kappa shape index (κ1) is 11.6. The average molecular weight is 255 g/mol. The van der Waals surface area contributed by atoms with Crippen molar-refractivity contribution in [3.05, 3.63) is 47.5 Å². The molecular weight excluding hydrogens is 242 g/mol. The second-order valence-corrected chi connectivity index (χ2v) is 4.61. The van der Waals surface area contributed by atoms with E-state index >= 15 is 0 Å². The van der Waals surface area contributed by atoms with E-state index < -0.39 is 0 Å². The number of fused-ring (bicyclic) bond motifs is 1. The summed E-state index contributed by atoms with van der Waals surface area (Å²) in [5.41, 5.74) is 2.40. The summed E-state index contributed by atoms with van der Waals surface area (Å²) in [4.78, 5) is 27.7.